The normalized spacial score (nSPS) is 11.0. The summed E-state index contributed by atoms with van der Waals surface area (Å²) in [6, 6.07) is 15.8. The topological polar surface area (TPSA) is 46.4 Å². The Kier molecular flexibility index (Phi) is 4.35. The number of nitrogens with one attached hydrogen (secondary N) is 1. The molecule has 26 heavy (non-hydrogen) atoms. The highest BCUT2D eigenvalue weighted by atomic mass is 32.1. The molecule has 128 valence electrons. The van der Waals surface area contributed by atoms with Crippen molar-refractivity contribution < 1.29 is 4.79 Å². The molecule has 6 heteroatoms. The summed E-state index contributed by atoms with van der Waals surface area (Å²) in [5, 5.41) is 2.99. The van der Waals surface area contributed by atoms with Crippen molar-refractivity contribution in [3.8, 4) is 11.3 Å². The number of aryl methyl sites for hydroxylation is 1. The molecule has 4 nitrogen and oxygen atoms in total. The van der Waals surface area contributed by atoms with E-state index in [1.54, 1.807) is 11.3 Å². The lowest BCUT2D eigenvalue weighted by molar-refractivity contribution is 0.0951. The highest BCUT2D eigenvalue weighted by Crippen LogP contribution is 2.24. The van der Waals surface area contributed by atoms with Gasteiger partial charge in [-0.1, -0.05) is 41.9 Å². The van der Waals surface area contributed by atoms with Crippen molar-refractivity contribution in [2.75, 3.05) is 0 Å². The van der Waals surface area contributed by atoms with Crippen molar-refractivity contribution in [3.63, 3.8) is 0 Å². The number of hydrogen-bond acceptors (Lipinski definition) is 3. The van der Waals surface area contributed by atoms with E-state index in [0.717, 1.165) is 27.2 Å². The molecule has 0 fully saturated rings. The number of imidazole rings is 1. The van der Waals surface area contributed by atoms with Gasteiger partial charge in [0.25, 0.3) is 5.91 Å². The highest BCUT2D eigenvalue weighted by Gasteiger charge is 2.09. The summed E-state index contributed by atoms with van der Waals surface area (Å²) in [6.07, 6.45) is 4.13. The lowest BCUT2D eigenvalue weighted by atomic mass is 9.94. The van der Waals surface area contributed by atoms with Gasteiger partial charge in [-0.15, -0.1) is 11.3 Å². The Morgan fingerprint density at radius 2 is 2.04 bits per heavy atom. The molecule has 0 aliphatic heterocycles. The smallest absolute Gasteiger partial charge is 0.251 e. The minimum absolute atomic E-state index is 0.0583. The van der Waals surface area contributed by atoms with Crippen LogP contribution in [0.5, 0.6) is 0 Å². The standard InChI is InChI=1S/C20H18BN3OS/c1-13-11-24-12-18(23-20(24)26-13)15-5-2-4-14(8-15)10-22-19(25)16-6-3-7-17(21)9-16/h2-9,11-12H,10,21H2,1H3,(H,22,25). The van der Waals surface area contributed by atoms with Crippen LogP contribution in [-0.4, -0.2) is 23.1 Å². The molecule has 0 atom stereocenters. The van der Waals surface area contributed by atoms with Gasteiger partial charge in [-0.05, 0) is 24.6 Å². The summed E-state index contributed by atoms with van der Waals surface area (Å²) in [6.45, 7) is 2.57. The van der Waals surface area contributed by atoms with Crippen molar-refractivity contribution >= 4 is 35.5 Å². The van der Waals surface area contributed by atoms with E-state index in [4.69, 9.17) is 4.98 Å². The van der Waals surface area contributed by atoms with Crippen LogP contribution in [-0.2, 0) is 6.54 Å². The monoisotopic (exact) mass is 359 g/mol. The molecule has 2 aromatic carbocycles. The van der Waals surface area contributed by atoms with Crippen molar-refractivity contribution in [2.24, 2.45) is 0 Å². The molecular weight excluding hydrogens is 341 g/mol. The van der Waals surface area contributed by atoms with Gasteiger partial charge in [0, 0.05) is 34.9 Å². The lowest BCUT2D eigenvalue weighted by Gasteiger charge is -2.07. The van der Waals surface area contributed by atoms with Gasteiger partial charge in [0.1, 0.15) is 7.85 Å². The quantitative estimate of drug-likeness (QED) is 0.570. The van der Waals surface area contributed by atoms with Gasteiger partial charge in [-0.3, -0.25) is 9.20 Å². The molecule has 4 rings (SSSR count). The largest absolute Gasteiger partial charge is 0.348 e. The molecule has 1 amide bonds. The number of amides is 1. The van der Waals surface area contributed by atoms with E-state index >= 15 is 0 Å². The van der Waals surface area contributed by atoms with Crippen LogP contribution in [0.3, 0.4) is 0 Å². The number of carbonyl (C=O) groups is 1. The number of carbonyl (C=O) groups excluding carboxylic acids is 1. The first kappa shape index (κ1) is 16.6. The van der Waals surface area contributed by atoms with Crippen LogP contribution < -0.4 is 10.8 Å². The Hall–Kier alpha value is -2.86. The molecule has 4 aromatic rings. The van der Waals surface area contributed by atoms with Crippen molar-refractivity contribution in [2.45, 2.75) is 13.5 Å². The Balaban J connectivity index is 1.50. The predicted octanol–water partition coefficient (Wildman–Crippen LogP) is 2.56. The number of nitrogens with zero attached hydrogens (tertiary/aromatic N) is 2. The molecule has 1 N–H and O–H groups in total. The van der Waals surface area contributed by atoms with Crippen LogP contribution in [0.1, 0.15) is 20.8 Å². The number of hydrogen-bond donors (Lipinski definition) is 1. The second-order valence-corrected chi connectivity index (χ2v) is 7.62. The van der Waals surface area contributed by atoms with Gasteiger partial charge in [-0.25, -0.2) is 4.98 Å². The molecule has 0 aliphatic rings. The van der Waals surface area contributed by atoms with Crippen LogP contribution in [0.2, 0.25) is 0 Å². The van der Waals surface area contributed by atoms with Crippen molar-refractivity contribution in [1.29, 1.82) is 0 Å². The molecule has 0 radical (unpaired) electrons. The Bertz CT molecular complexity index is 1070. The molecule has 0 spiro atoms. The average Bonchev–Trinajstić information content (AvgIpc) is 3.17. The van der Waals surface area contributed by atoms with E-state index in [2.05, 4.69) is 28.9 Å². The fraction of sp³-hybridized carbons (Fsp3) is 0.100. The van der Waals surface area contributed by atoms with E-state index in [1.165, 1.54) is 4.88 Å². The second kappa shape index (κ2) is 6.80. The average molecular weight is 359 g/mol. The number of benzene rings is 2. The number of aromatic nitrogens is 2. The Morgan fingerprint density at radius 1 is 1.19 bits per heavy atom. The van der Waals surface area contributed by atoms with Crippen molar-refractivity contribution in [1.82, 2.24) is 14.7 Å². The first-order chi connectivity index (χ1) is 12.6. The maximum absolute atomic E-state index is 12.3. The van der Waals surface area contributed by atoms with E-state index in [9.17, 15) is 4.79 Å². The van der Waals surface area contributed by atoms with Gasteiger partial charge in [0.05, 0.1) is 5.69 Å². The first-order valence-electron chi connectivity index (χ1n) is 8.48. The summed E-state index contributed by atoms with van der Waals surface area (Å²) in [5.74, 6) is -0.0583. The summed E-state index contributed by atoms with van der Waals surface area (Å²) < 4.78 is 2.06. The third-order valence-electron chi connectivity index (χ3n) is 4.23. The van der Waals surface area contributed by atoms with Crippen LogP contribution >= 0.6 is 11.3 Å². The molecule has 2 aromatic heterocycles. The maximum atomic E-state index is 12.3. The van der Waals surface area contributed by atoms with E-state index in [-0.39, 0.29) is 5.91 Å². The van der Waals surface area contributed by atoms with Gasteiger partial charge < -0.3 is 5.32 Å². The van der Waals surface area contributed by atoms with Gasteiger partial charge >= 0.3 is 0 Å². The van der Waals surface area contributed by atoms with Crippen LogP contribution in [0.15, 0.2) is 60.9 Å². The zero-order valence-electron chi connectivity index (χ0n) is 14.7. The molecule has 0 bridgehead atoms. The molecular formula is C20H18BN3OS. The minimum Gasteiger partial charge on any atom is -0.348 e. The third kappa shape index (κ3) is 3.41. The van der Waals surface area contributed by atoms with E-state index in [1.807, 2.05) is 56.5 Å². The zero-order valence-corrected chi connectivity index (χ0v) is 15.5. The lowest BCUT2D eigenvalue weighted by Crippen LogP contribution is -2.23. The second-order valence-electron chi connectivity index (χ2n) is 6.41. The summed E-state index contributed by atoms with van der Waals surface area (Å²) in [4.78, 5) is 19.2. The fourth-order valence-electron chi connectivity index (χ4n) is 2.96. The van der Waals surface area contributed by atoms with Crippen LogP contribution in [0, 0.1) is 6.92 Å². The molecule has 0 saturated carbocycles. The van der Waals surface area contributed by atoms with Crippen molar-refractivity contribution in [3.05, 3.63) is 76.9 Å². The Labute approximate surface area is 156 Å². The molecule has 0 unspecified atom stereocenters. The Morgan fingerprint density at radius 3 is 2.85 bits per heavy atom. The molecule has 2 heterocycles. The van der Waals surface area contributed by atoms with Gasteiger partial charge in [-0.2, -0.15) is 0 Å². The van der Waals surface area contributed by atoms with Gasteiger partial charge in [0.2, 0.25) is 0 Å². The predicted molar refractivity (Wildman–Crippen MR) is 109 cm³/mol. The van der Waals surface area contributed by atoms with E-state index in [0.29, 0.717) is 12.1 Å². The summed E-state index contributed by atoms with van der Waals surface area (Å²) in [7, 11) is 1.98. The van der Waals surface area contributed by atoms with Crippen LogP contribution in [0.4, 0.5) is 0 Å². The highest BCUT2D eigenvalue weighted by molar-refractivity contribution is 7.17. The number of thiazole rings is 1. The summed E-state index contributed by atoms with van der Waals surface area (Å²) >= 11 is 1.68. The zero-order chi connectivity index (χ0) is 18.1. The first-order valence-corrected chi connectivity index (χ1v) is 9.29. The molecule has 0 saturated heterocycles. The SMILES string of the molecule is Bc1cccc(C(=O)NCc2cccc(-c3cn4cc(C)sc4n3)c2)c1. The summed E-state index contributed by atoms with van der Waals surface area (Å²) in [5.41, 5.74) is 4.82. The number of fused-ring (bicyclic) bond motifs is 1. The van der Waals surface area contributed by atoms with Crippen LogP contribution in [0.25, 0.3) is 16.2 Å². The maximum Gasteiger partial charge on any atom is 0.251 e. The molecule has 0 aliphatic carbocycles. The minimum atomic E-state index is -0.0583. The van der Waals surface area contributed by atoms with Gasteiger partial charge in [0.15, 0.2) is 4.96 Å². The van der Waals surface area contributed by atoms with E-state index < -0.39 is 0 Å². The third-order valence-corrected chi connectivity index (χ3v) is 5.14. The number of rotatable bonds is 4. The fourth-order valence-corrected chi connectivity index (χ4v) is 3.77.